The molecule has 1 fully saturated rings. The first-order valence-electron chi connectivity index (χ1n) is 7.96. The lowest BCUT2D eigenvalue weighted by atomic mass is 10.1. The molecule has 0 spiro atoms. The zero-order valence-electron chi connectivity index (χ0n) is 13.5. The normalized spacial score (nSPS) is 17.0. The first-order valence-corrected chi connectivity index (χ1v) is 7.96. The van der Waals surface area contributed by atoms with Crippen LogP contribution < -0.4 is 0 Å². The van der Waals surface area contributed by atoms with E-state index in [4.69, 9.17) is 4.52 Å². The van der Waals surface area contributed by atoms with Crippen molar-refractivity contribution in [2.45, 2.75) is 13.0 Å². The monoisotopic (exact) mass is 333 g/mol. The van der Waals surface area contributed by atoms with Crippen LogP contribution in [0.15, 0.2) is 34.9 Å². The van der Waals surface area contributed by atoms with Crippen molar-refractivity contribution in [1.82, 2.24) is 15.0 Å². The molecule has 0 saturated carbocycles. The molecule has 1 aromatic carbocycles. The lowest BCUT2D eigenvalue weighted by molar-refractivity contribution is 0.0546. The fourth-order valence-corrected chi connectivity index (χ4v) is 2.83. The van der Waals surface area contributed by atoms with Gasteiger partial charge in [0.15, 0.2) is 11.5 Å². The van der Waals surface area contributed by atoms with Crippen LogP contribution in [0.3, 0.4) is 0 Å². The van der Waals surface area contributed by atoms with E-state index in [2.05, 4.69) is 10.1 Å². The van der Waals surface area contributed by atoms with Crippen LogP contribution in [-0.4, -0.2) is 64.8 Å². The van der Waals surface area contributed by atoms with E-state index < -0.39 is 5.82 Å². The Morgan fingerprint density at radius 2 is 2.04 bits per heavy atom. The van der Waals surface area contributed by atoms with Gasteiger partial charge in [-0.1, -0.05) is 17.3 Å². The van der Waals surface area contributed by atoms with Crippen molar-refractivity contribution in [3.05, 3.63) is 41.8 Å². The number of β-amino-alcohol motifs (C(OH)–C–C–N with tert-alkyl or cyclic N) is 1. The molecular formula is C17H20FN3O3. The second-order valence-electron chi connectivity index (χ2n) is 6.00. The van der Waals surface area contributed by atoms with Gasteiger partial charge in [0.2, 0.25) is 0 Å². The Morgan fingerprint density at radius 3 is 2.71 bits per heavy atom. The number of halogens is 1. The topological polar surface area (TPSA) is 69.8 Å². The highest BCUT2D eigenvalue weighted by Gasteiger charge is 2.25. The van der Waals surface area contributed by atoms with Crippen molar-refractivity contribution < 1.29 is 18.8 Å². The Bertz CT molecular complexity index is 709. The highest BCUT2D eigenvalue weighted by Crippen LogP contribution is 2.23. The third-order valence-electron chi connectivity index (χ3n) is 4.05. The van der Waals surface area contributed by atoms with Crippen LogP contribution in [0.4, 0.5) is 4.39 Å². The maximum absolute atomic E-state index is 13.8. The molecule has 3 rings (SSSR count). The Labute approximate surface area is 139 Å². The standard InChI is InChI=1S/C17H20FN3O3/c1-12(22)11-20-6-8-21(9-7-20)17(23)15-10-16(24-19-15)13-4-2-3-5-14(13)18/h2-5,10,12,22H,6-9,11H2,1H3/t12-/m0/s1. The number of rotatable bonds is 4. The quantitative estimate of drug-likeness (QED) is 0.921. The van der Waals surface area contributed by atoms with Crippen molar-refractivity contribution in [3.8, 4) is 11.3 Å². The molecule has 1 N–H and O–H groups in total. The molecule has 1 atom stereocenters. The van der Waals surface area contributed by atoms with Crippen molar-refractivity contribution in [2.75, 3.05) is 32.7 Å². The third-order valence-corrected chi connectivity index (χ3v) is 4.05. The van der Waals surface area contributed by atoms with Gasteiger partial charge in [0.05, 0.1) is 11.7 Å². The van der Waals surface area contributed by atoms with E-state index in [9.17, 15) is 14.3 Å². The molecule has 6 nitrogen and oxygen atoms in total. The number of amides is 1. The van der Waals surface area contributed by atoms with Gasteiger partial charge in [-0.05, 0) is 19.1 Å². The second-order valence-corrected chi connectivity index (χ2v) is 6.00. The molecular weight excluding hydrogens is 313 g/mol. The number of aliphatic hydroxyl groups excluding tert-OH is 1. The van der Waals surface area contributed by atoms with E-state index in [1.165, 1.54) is 12.1 Å². The fourth-order valence-electron chi connectivity index (χ4n) is 2.83. The molecule has 7 heteroatoms. The molecule has 128 valence electrons. The van der Waals surface area contributed by atoms with E-state index in [-0.39, 0.29) is 29.0 Å². The van der Waals surface area contributed by atoms with Gasteiger partial charge in [-0.15, -0.1) is 0 Å². The number of carbonyl (C=O) groups excluding carboxylic acids is 1. The number of nitrogens with zero attached hydrogens (tertiary/aromatic N) is 3. The zero-order valence-corrected chi connectivity index (χ0v) is 13.5. The minimum atomic E-state index is -0.417. The predicted molar refractivity (Wildman–Crippen MR) is 85.9 cm³/mol. The van der Waals surface area contributed by atoms with Gasteiger partial charge in [0.25, 0.3) is 5.91 Å². The summed E-state index contributed by atoms with van der Waals surface area (Å²) in [6.45, 7) is 4.88. The minimum Gasteiger partial charge on any atom is -0.392 e. The summed E-state index contributed by atoms with van der Waals surface area (Å²) in [6.07, 6.45) is -0.383. The summed E-state index contributed by atoms with van der Waals surface area (Å²) < 4.78 is 18.9. The molecule has 1 aromatic heterocycles. The van der Waals surface area contributed by atoms with Gasteiger partial charge in [-0.3, -0.25) is 9.69 Å². The van der Waals surface area contributed by atoms with Gasteiger partial charge in [0, 0.05) is 38.8 Å². The average Bonchev–Trinajstić information content (AvgIpc) is 3.04. The SMILES string of the molecule is C[C@H](O)CN1CCN(C(=O)c2cc(-c3ccccc3F)on2)CC1. The Hall–Kier alpha value is -2.25. The molecule has 2 aromatic rings. The molecule has 1 aliphatic heterocycles. The third kappa shape index (κ3) is 3.63. The number of aromatic nitrogens is 1. The van der Waals surface area contributed by atoms with Crippen molar-refractivity contribution in [1.29, 1.82) is 0 Å². The minimum absolute atomic E-state index is 0.178. The first-order chi connectivity index (χ1) is 11.5. The fraction of sp³-hybridized carbons (Fsp3) is 0.412. The molecule has 0 aliphatic carbocycles. The highest BCUT2D eigenvalue weighted by atomic mass is 19.1. The number of benzene rings is 1. The van der Waals surface area contributed by atoms with Gasteiger partial charge < -0.3 is 14.5 Å². The Morgan fingerprint density at radius 1 is 1.33 bits per heavy atom. The van der Waals surface area contributed by atoms with Crippen LogP contribution in [0, 0.1) is 5.82 Å². The Kier molecular flexibility index (Phi) is 4.92. The van der Waals surface area contributed by atoms with Crippen molar-refractivity contribution in [3.63, 3.8) is 0 Å². The van der Waals surface area contributed by atoms with Crippen LogP contribution in [-0.2, 0) is 0 Å². The van der Waals surface area contributed by atoms with Crippen LogP contribution in [0.2, 0.25) is 0 Å². The molecule has 1 aliphatic rings. The van der Waals surface area contributed by atoms with E-state index in [0.717, 1.165) is 0 Å². The zero-order chi connectivity index (χ0) is 17.1. The summed E-state index contributed by atoms with van der Waals surface area (Å²) >= 11 is 0. The molecule has 0 radical (unpaired) electrons. The maximum atomic E-state index is 13.8. The summed E-state index contributed by atoms with van der Waals surface area (Å²) in [5.74, 6) is -0.401. The van der Waals surface area contributed by atoms with Crippen molar-refractivity contribution >= 4 is 5.91 Å². The molecule has 1 amide bonds. The first kappa shape index (κ1) is 16.6. The molecule has 1 saturated heterocycles. The summed E-state index contributed by atoms with van der Waals surface area (Å²) in [5.41, 5.74) is 0.461. The smallest absolute Gasteiger partial charge is 0.276 e. The van der Waals surface area contributed by atoms with Crippen molar-refractivity contribution in [2.24, 2.45) is 0 Å². The van der Waals surface area contributed by atoms with Gasteiger partial charge in [-0.25, -0.2) is 4.39 Å². The van der Waals surface area contributed by atoms with E-state index in [1.807, 2.05) is 0 Å². The maximum Gasteiger partial charge on any atom is 0.276 e. The summed E-state index contributed by atoms with van der Waals surface area (Å²) in [7, 11) is 0. The molecule has 2 heterocycles. The predicted octanol–water partition coefficient (Wildman–Crippen LogP) is 1.62. The summed E-state index contributed by atoms with van der Waals surface area (Å²) in [5, 5.41) is 13.2. The van der Waals surface area contributed by atoms with Gasteiger partial charge >= 0.3 is 0 Å². The van der Waals surface area contributed by atoms with Gasteiger partial charge in [0.1, 0.15) is 5.82 Å². The molecule has 24 heavy (non-hydrogen) atoms. The summed E-state index contributed by atoms with van der Waals surface area (Å²) in [6, 6.07) is 7.68. The Balaban J connectivity index is 1.66. The number of aliphatic hydroxyl groups is 1. The molecule has 0 bridgehead atoms. The lowest BCUT2D eigenvalue weighted by Crippen LogP contribution is -2.50. The van der Waals surface area contributed by atoms with E-state index in [1.54, 1.807) is 30.0 Å². The van der Waals surface area contributed by atoms with Crippen LogP contribution in [0.1, 0.15) is 17.4 Å². The largest absolute Gasteiger partial charge is 0.392 e. The average molecular weight is 333 g/mol. The van der Waals surface area contributed by atoms with Gasteiger partial charge in [-0.2, -0.15) is 0 Å². The van der Waals surface area contributed by atoms with Crippen LogP contribution in [0.5, 0.6) is 0 Å². The van der Waals surface area contributed by atoms with Crippen LogP contribution >= 0.6 is 0 Å². The van der Waals surface area contributed by atoms with Crippen LogP contribution in [0.25, 0.3) is 11.3 Å². The van der Waals surface area contributed by atoms with E-state index >= 15 is 0 Å². The molecule has 0 unspecified atom stereocenters. The second kappa shape index (κ2) is 7.11. The number of hydrogen-bond donors (Lipinski definition) is 1. The highest BCUT2D eigenvalue weighted by molar-refractivity contribution is 5.93. The summed E-state index contributed by atoms with van der Waals surface area (Å²) in [4.78, 5) is 16.3. The lowest BCUT2D eigenvalue weighted by Gasteiger charge is -2.34. The van der Waals surface area contributed by atoms with E-state index in [0.29, 0.717) is 32.7 Å². The number of piperazine rings is 1. The number of hydrogen-bond acceptors (Lipinski definition) is 5. The number of carbonyl (C=O) groups is 1.